The van der Waals surface area contributed by atoms with Crippen LogP contribution in [0, 0.1) is 10.1 Å². The number of amides is 2. The monoisotopic (exact) mass is 293 g/mol. The minimum Gasteiger partial charge on any atom is -0.337 e. The van der Waals surface area contributed by atoms with Crippen LogP contribution in [-0.4, -0.2) is 55.1 Å². The molecule has 1 fully saturated rings. The molecule has 0 saturated carbocycles. The van der Waals surface area contributed by atoms with Crippen molar-refractivity contribution in [3.8, 4) is 0 Å². The van der Waals surface area contributed by atoms with Gasteiger partial charge in [-0.25, -0.2) is 4.79 Å². The first kappa shape index (κ1) is 15.2. The quantitative estimate of drug-likeness (QED) is 0.546. The van der Waals surface area contributed by atoms with Crippen LogP contribution in [0.3, 0.4) is 0 Å². The van der Waals surface area contributed by atoms with Gasteiger partial charge in [0.05, 0.1) is 4.92 Å². The molecule has 2 amide bonds. The van der Waals surface area contributed by atoms with Gasteiger partial charge in [0.15, 0.2) is 0 Å². The average molecular weight is 293 g/mol. The van der Waals surface area contributed by atoms with Crippen LogP contribution >= 0.6 is 0 Å². The maximum Gasteiger partial charge on any atom is 0.319 e. The van der Waals surface area contributed by atoms with Crippen molar-refractivity contribution in [2.75, 3.05) is 44.6 Å². The number of nitro benzene ring substituents is 1. The van der Waals surface area contributed by atoms with Crippen LogP contribution in [0.4, 0.5) is 16.2 Å². The molecule has 1 aliphatic heterocycles. The van der Waals surface area contributed by atoms with Crippen LogP contribution in [0.15, 0.2) is 24.3 Å². The SMILES string of the molecule is O=C(NCCN1CCNCC1)Nc1cccc([N+](=O)[O-])c1. The number of nitro groups is 1. The molecule has 0 unspecified atom stereocenters. The summed E-state index contributed by atoms with van der Waals surface area (Å²) in [5.41, 5.74) is 0.359. The van der Waals surface area contributed by atoms with E-state index in [9.17, 15) is 14.9 Å². The fraction of sp³-hybridized carbons (Fsp3) is 0.462. The zero-order valence-corrected chi connectivity index (χ0v) is 11.7. The van der Waals surface area contributed by atoms with E-state index in [0.717, 1.165) is 32.7 Å². The van der Waals surface area contributed by atoms with Gasteiger partial charge in [-0.2, -0.15) is 0 Å². The third kappa shape index (κ3) is 5.01. The van der Waals surface area contributed by atoms with Crippen molar-refractivity contribution in [3.63, 3.8) is 0 Å². The molecular weight excluding hydrogens is 274 g/mol. The van der Waals surface area contributed by atoms with Crippen molar-refractivity contribution in [3.05, 3.63) is 34.4 Å². The van der Waals surface area contributed by atoms with Crippen molar-refractivity contribution in [2.45, 2.75) is 0 Å². The predicted molar refractivity (Wildman–Crippen MR) is 79.4 cm³/mol. The molecule has 0 aliphatic carbocycles. The second-order valence-corrected chi connectivity index (χ2v) is 4.78. The third-order valence-electron chi connectivity index (χ3n) is 3.24. The molecule has 21 heavy (non-hydrogen) atoms. The van der Waals surface area contributed by atoms with Crippen LogP contribution in [-0.2, 0) is 0 Å². The summed E-state index contributed by atoms with van der Waals surface area (Å²) in [6, 6.07) is 5.51. The van der Waals surface area contributed by atoms with E-state index in [-0.39, 0.29) is 11.7 Å². The Morgan fingerprint density at radius 3 is 2.86 bits per heavy atom. The van der Waals surface area contributed by atoms with Gasteiger partial charge in [-0.15, -0.1) is 0 Å². The molecule has 8 nitrogen and oxygen atoms in total. The predicted octanol–water partition coefficient (Wildman–Crippen LogP) is 0.622. The van der Waals surface area contributed by atoms with Gasteiger partial charge in [-0.1, -0.05) is 6.07 Å². The lowest BCUT2D eigenvalue weighted by Crippen LogP contribution is -2.46. The Hall–Kier alpha value is -2.19. The zero-order valence-electron chi connectivity index (χ0n) is 11.7. The number of nitrogens with one attached hydrogen (secondary N) is 3. The van der Waals surface area contributed by atoms with Gasteiger partial charge in [-0.05, 0) is 6.07 Å². The highest BCUT2D eigenvalue weighted by molar-refractivity contribution is 5.89. The number of hydrogen-bond acceptors (Lipinski definition) is 5. The first-order chi connectivity index (χ1) is 10.1. The number of anilines is 1. The number of benzene rings is 1. The number of piperazine rings is 1. The van der Waals surface area contributed by atoms with Gasteiger partial charge in [0.1, 0.15) is 0 Å². The molecule has 3 N–H and O–H groups in total. The summed E-state index contributed by atoms with van der Waals surface area (Å²) in [7, 11) is 0. The highest BCUT2D eigenvalue weighted by atomic mass is 16.6. The van der Waals surface area contributed by atoms with E-state index in [1.807, 2.05) is 0 Å². The molecular formula is C13H19N5O3. The Morgan fingerprint density at radius 1 is 1.38 bits per heavy atom. The first-order valence-corrected chi connectivity index (χ1v) is 6.87. The second-order valence-electron chi connectivity index (χ2n) is 4.78. The molecule has 0 spiro atoms. The van der Waals surface area contributed by atoms with Crippen LogP contribution in [0.5, 0.6) is 0 Å². The third-order valence-corrected chi connectivity index (χ3v) is 3.24. The molecule has 2 rings (SSSR count). The molecule has 1 saturated heterocycles. The lowest BCUT2D eigenvalue weighted by Gasteiger charge is -2.27. The van der Waals surface area contributed by atoms with E-state index < -0.39 is 4.92 Å². The molecule has 0 bridgehead atoms. The number of urea groups is 1. The number of carbonyl (C=O) groups excluding carboxylic acids is 1. The normalized spacial score (nSPS) is 15.4. The van der Waals surface area contributed by atoms with Crippen molar-refractivity contribution < 1.29 is 9.72 Å². The van der Waals surface area contributed by atoms with E-state index in [1.54, 1.807) is 6.07 Å². The highest BCUT2D eigenvalue weighted by Gasteiger charge is 2.10. The Kier molecular flexibility index (Phi) is 5.47. The maximum absolute atomic E-state index is 11.7. The highest BCUT2D eigenvalue weighted by Crippen LogP contribution is 2.16. The van der Waals surface area contributed by atoms with E-state index in [1.165, 1.54) is 18.2 Å². The number of non-ortho nitro benzene ring substituents is 1. The molecule has 114 valence electrons. The summed E-state index contributed by atoms with van der Waals surface area (Å²) in [5.74, 6) is 0. The van der Waals surface area contributed by atoms with E-state index >= 15 is 0 Å². The minimum atomic E-state index is -0.493. The van der Waals surface area contributed by atoms with Crippen molar-refractivity contribution in [1.82, 2.24) is 15.5 Å². The molecule has 1 heterocycles. The molecule has 1 aromatic rings. The summed E-state index contributed by atoms with van der Waals surface area (Å²) in [4.78, 5) is 24.1. The summed E-state index contributed by atoms with van der Waals surface area (Å²) in [6.07, 6.45) is 0. The lowest BCUT2D eigenvalue weighted by molar-refractivity contribution is -0.384. The minimum absolute atomic E-state index is 0.0476. The van der Waals surface area contributed by atoms with E-state index in [4.69, 9.17) is 0 Å². The van der Waals surface area contributed by atoms with Crippen LogP contribution in [0.1, 0.15) is 0 Å². The van der Waals surface area contributed by atoms with Crippen LogP contribution in [0.2, 0.25) is 0 Å². The van der Waals surface area contributed by atoms with Crippen LogP contribution < -0.4 is 16.0 Å². The van der Waals surface area contributed by atoms with Crippen LogP contribution in [0.25, 0.3) is 0 Å². The molecule has 0 aromatic heterocycles. The molecule has 0 atom stereocenters. The Balaban J connectivity index is 1.73. The lowest BCUT2D eigenvalue weighted by atomic mass is 10.3. The van der Waals surface area contributed by atoms with Gasteiger partial charge < -0.3 is 16.0 Å². The topological polar surface area (TPSA) is 99.5 Å². The first-order valence-electron chi connectivity index (χ1n) is 6.87. The van der Waals surface area contributed by atoms with Gasteiger partial charge >= 0.3 is 6.03 Å². The second kappa shape index (κ2) is 7.55. The summed E-state index contributed by atoms with van der Waals surface area (Å²) >= 11 is 0. The number of nitrogens with zero attached hydrogens (tertiary/aromatic N) is 2. The number of hydrogen-bond donors (Lipinski definition) is 3. The average Bonchev–Trinajstić information content (AvgIpc) is 2.48. The Morgan fingerprint density at radius 2 is 2.14 bits per heavy atom. The van der Waals surface area contributed by atoms with Gasteiger partial charge in [0.25, 0.3) is 5.69 Å². The number of carbonyl (C=O) groups is 1. The smallest absolute Gasteiger partial charge is 0.319 e. The van der Waals surface area contributed by atoms with Gasteiger partial charge in [0.2, 0.25) is 0 Å². The Bertz CT molecular complexity index is 502. The van der Waals surface area contributed by atoms with E-state index in [2.05, 4.69) is 20.9 Å². The fourth-order valence-corrected chi connectivity index (χ4v) is 2.13. The summed E-state index contributed by atoms with van der Waals surface area (Å²) in [5, 5.41) is 19.3. The molecule has 1 aromatic carbocycles. The van der Waals surface area contributed by atoms with Crippen molar-refractivity contribution in [1.29, 1.82) is 0 Å². The molecule has 8 heteroatoms. The van der Waals surface area contributed by atoms with Gasteiger partial charge in [-0.3, -0.25) is 15.0 Å². The standard InChI is InChI=1S/C13H19N5O3/c19-13(15-6-9-17-7-4-14-5-8-17)16-11-2-1-3-12(10-11)18(20)21/h1-3,10,14H,4-9H2,(H2,15,16,19). The van der Waals surface area contributed by atoms with E-state index in [0.29, 0.717) is 12.2 Å². The maximum atomic E-state index is 11.7. The van der Waals surface area contributed by atoms with Gasteiger partial charge in [0, 0.05) is 57.1 Å². The summed E-state index contributed by atoms with van der Waals surface area (Å²) < 4.78 is 0. The van der Waals surface area contributed by atoms with Crippen molar-refractivity contribution >= 4 is 17.4 Å². The largest absolute Gasteiger partial charge is 0.337 e. The Labute approximate surface area is 122 Å². The van der Waals surface area contributed by atoms with Crippen molar-refractivity contribution in [2.24, 2.45) is 0 Å². The molecule has 1 aliphatic rings. The fourth-order valence-electron chi connectivity index (χ4n) is 2.13. The number of rotatable bonds is 5. The summed E-state index contributed by atoms with van der Waals surface area (Å²) in [6.45, 7) is 5.24. The zero-order chi connectivity index (χ0) is 15.1. The molecule has 0 radical (unpaired) electrons.